The summed E-state index contributed by atoms with van der Waals surface area (Å²) in [6.45, 7) is 5.38. The highest BCUT2D eigenvalue weighted by atomic mass is 32.2. The summed E-state index contributed by atoms with van der Waals surface area (Å²) in [4.78, 5) is 15.1. The molecule has 5 nitrogen and oxygen atoms in total. The van der Waals surface area contributed by atoms with E-state index < -0.39 is 21.2 Å². The molecule has 6 heteroatoms. The first kappa shape index (κ1) is 18.5. The lowest BCUT2D eigenvalue weighted by molar-refractivity contribution is -0.117. The molecule has 0 N–H and O–H groups in total. The Balaban J connectivity index is 1.97. The maximum Gasteiger partial charge on any atom is 0.212 e. The van der Waals surface area contributed by atoms with Crippen LogP contribution in [-0.4, -0.2) is 26.8 Å². The molecule has 144 valence electrons. The first-order chi connectivity index (χ1) is 13.2. The van der Waals surface area contributed by atoms with Crippen LogP contribution in [0.15, 0.2) is 64.0 Å². The van der Waals surface area contributed by atoms with Crippen molar-refractivity contribution in [2.45, 2.75) is 31.2 Å². The van der Waals surface area contributed by atoms with Gasteiger partial charge in [0.05, 0.1) is 23.4 Å². The fraction of sp³-hybridized carbons (Fsp3) is 0.227. The molecule has 0 radical (unpaired) electrons. The van der Waals surface area contributed by atoms with Crippen molar-refractivity contribution in [1.29, 1.82) is 0 Å². The van der Waals surface area contributed by atoms with Gasteiger partial charge in [-0.05, 0) is 57.2 Å². The number of ether oxygens (including phenoxy) is 1. The number of methoxy groups -OCH3 is 1. The van der Waals surface area contributed by atoms with Crippen LogP contribution in [0.1, 0.15) is 25.0 Å². The fourth-order valence-corrected chi connectivity index (χ4v) is 5.47. The average molecular weight is 395 g/mol. The number of carbonyl (C=O) groups excluding carboxylic acids is 1. The predicted molar refractivity (Wildman–Crippen MR) is 109 cm³/mol. The van der Waals surface area contributed by atoms with Crippen molar-refractivity contribution in [3.63, 3.8) is 0 Å². The molecule has 2 aromatic rings. The molecule has 0 saturated heterocycles. The van der Waals surface area contributed by atoms with E-state index in [2.05, 4.69) is 0 Å². The first-order valence-electron chi connectivity index (χ1n) is 8.95. The third kappa shape index (κ3) is 2.44. The molecule has 2 aromatic carbocycles. The maximum atomic E-state index is 13.4. The van der Waals surface area contributed by atoms with Gasteiger partial charge in [-0.2, -0.15) is 0 Å². The van der Waals surface area contributed by atoms with Crippen molar-refractivity contribution in [1.82, 2.24) is 0 Å². The maximum absolute atomic E-state index is 13.4. The first-order valence-corrected chi connectivity index (χ1v) is 10.4. The Labute approximate surface area is 164 Å². The molecule has 2 aliphatic rings. The second-order valence-electron chi connectivity index (χ2n) is 7.48. The minimum Gasteiger partial charge on any atom is -0.496 e. The van der Waals surface area contributed by atoms with Crippen LogP contribution < -0.4 is 9.64 Å². The molecule has 0 aliphatic carbocycles. The summed E-state index contributed by atoms with van der Waals surface area (Å²) < 4.78 is 32.2. The number of anilines is 1. The van der Waals surface area contributed by atoms with Gasteiger partial charge in [-0.1, -0.05) is 23.8 Å². The number of benzene rings is 2. The van der Waals surface area contributed by atoms with E-state index in [1.165, 1.54) is 0 Å². The molecular formula is C22H21NO4S. The number of rotatable bonds is 3. The summed E-state index contributed by atoms with van der Waals surface area (Å²) in [6, 6.07) is 12.1. The quantitative estimate of drug-likeness (QED) is 0.789. The van der Waals surface area contributed by atoms with Crippen molar-refractivity contribution in [3.05, 3.63) is 70.3 Å². The third-order valence-electron chi connectivity index (χ3n) is 5.31. The second kappa shape index (κ2) is 6.07. The van der Waals surface area contributed by atoms with Gasteiger partial charge in [0.1, 0.15) is 16.2 Å². The van der Waals surface area contributed by atoms with E-state index >= 15 is 0 Å². The molecule has 0 atom stereocenters. The number of ketones is 1. The van der Waals surface area contributed by atoms with Gasteiger partial charge in [-0.3, -0.25) is 4.79 Å². The van der Waals surface area contributed by atoms with Crippen LogP contribution >= 0.6 is 0 Å². The van der Waals surface area contributed by atoms with Crippen LogP contribution in [0.25, 0.3) is 6.08 Å². The molecule has 0 saturated carbocycles. The van der Waals surface area contributed by atoms with Crippen molar-refractivity contribution in [2.24, 2.45) is 0 Å². The van der Waals surface area contributed by atoms with Gasteiger partial charge < -0.3 is 9.64 Å². The highest BCUT2D eigenvalue weighted by Gasteiger charge is 2.52. The molecule has 2 aliphatic heterocycles. The minimum absolute atomic E-state index is 0.122. The number of nitrogens with zero attached hydrogens (tertiary/aromatic N) is 1. The zero-order valence-electron chi connectivity index (χ0n) is 16.2. The zero-order chi connectivity index (χ0) is 20.3. The third-order valence-corrected chi connectivity index (χ3v) is 7.13. The lowest BCUT2D eigenvalue weighted by Crippen LogP contribution is -2.45. The lowest BCUT2D eigenvalue weighted by Gasteiger charge is -2.36. The van der Waals surface area contributed by atoms with Gasteiger partial charge in [0.2, 0.25) is 15.6 Å². The summed E-state index contributed by atoms with van der Waals surface area (Å²) in [5.41, 5.74) is 1.90. The van der Waals surface area contributed by atoms with Gasteiger partial charge in [0.15, 0.2) is 0 Å². The Morgan fingerprint density at radius 2 is 1.68 bits per heavy atom. The molecule has 0 unspecified atom stereocenters. The standard InChI is InChI=1S/C22H21NO4S/c1-14-8-10-15(11-9-14)28(25,26)20-18-13-12-16-17(6-5-7-19(16)27-4)23(18)22(2,3)21(20)24/h5-13H,1-4H3. The Hall–Kier alpha value is -2.86. The van der Waals surface area contributed by atoms with E-state index in [-0.39, 0.29) is 9.80 Å². The van der Waals surface area contributed by atoms with Crippen LogP contribution in [0, 0.1) is 6.92 Å². The number of carbonyl (C=O) groups is 1. The van der Waals surface area contributed by atoms with Gasteiger partial charge in [0.25, 0.3) is 0 Å². The highest BCUT2D eigenvalue weighted by Crippen LogP contribution is 2.48. The number of hydrogen-bond acceptors (Lipinski definition) is 5. The van der Waals surface area contributed by atoms with Crippen LogP contribution in [0.5, 0.6) is 5.75 Å². The van der Waals surface area contributed by atoms with Crippen molar-refractivity contribution in [2.75, 3.05) is 12.0 Å². The Bertz CT molecular complexity index is 1160. The Morgan fingerprint density at radius 1 is 1.00 bits per heavy atom. The Morgan fingerprint density at radius 3 is 2.32 bits per heavy atom. The van der Waals surface area contributed by atoms with Crippen molar-refractivity contribution in [3.8, 4) is 5.75 Å². The largest absolute Gasteiger partial charge is 0.496 e. The highest BCUT2D eigenvalue weighted by molar-refractivity contribution is 7.96. The van der Waals surface area contributed by atoms with Gasteiger partial charge in [0, 0.05) is 5.56 Å². The second-order valence-corrected chi connectivity index (χ2v) is 9.37. The number of hydrogen-bond donors (Lipinski definition) is 0. The summed E-state index contributed by atoms with van der Waals surface area (Å²) in [7, 11) is -2.37. The van der Waals surface area contributed by atoms with E-state index in [9.17, 15) is 13.2 Å². The molecule has 0 aromatic heterocycles. The molecule has 4 rings (SSSR count). The van der Waals surface area contributed by atoms with Gasteiger partial charge >= 0.3 is 0 Å². The molecule has 0 fully saturated rings. The summed E-state index contributed by atoms with van der Waals surface area (Å²) in [5, 5.41) is 0. The molecule has 28 heavy (non-hydrogen) atoms. The van der Waals surface area contributed by atoms with E-state index in [1.54, 1.807) is 62.3 Å². The van der Waals surface area contributed by atoms with Crippen molar-refractivity contribution >= 4 is 27.4 Å². The minimum atomic E-state index is -3.96. The predicted octanol–water partition coefficient (Wildman–Crippen LogP) is 3.88. The number of aryl methyl sites for hydroxylation is 1. The molecule has 2 heterocycles. The zero-order valence-corrected chi connectivity index (χ0v) is 17.0. The van der Waals surface area contributed by atoms with Crippen LogP contribution in [0.2, 0.25) is 0 Å². The Kier molecular flexibility index (Phi) is 4.01. The molecule has 0 spiro atoms. The molecule has 0 bridgehead atoms. The van der Waals surface area contributed by atoms with Crippen LogP contribution in [0.4, 0.5) is 5.69 Å². The summed E-state index contributed by atoms with van der Waals surface area (Å²) >= 11 is 0. The summed E-state index contributed by atoms with van der Waals surface area (Å²) in [6.07, 6.45) is 3.50. The number of allylic oxidation sites excluding steroid dienone is 1. The molecular weight excluding hydrogens is 374 g/mol. The smallest absolute Gasteiger partial charge is 0.212 e. The van der Waals surface area contributed by atoms with E-state index in [0.717, 1.165) is 16.8 Å². The number of Topliss-reactive ketones (excluding diaryl/α,β-unsaturated/α-hetero) is 1. The van der Waals surface area contributed by atoms with Gasteiger partial charge in [-0.25, -0.2) is 8.42 Å². The van der Waals surface area contributed by atoms with Crippen LogP contribution in [0.3, 0.4) is 0 Å². The average Bonchev–Trinajstić information content (AvgIpc) is 2.88. The topological polar surface area (TPSA) is 63.7 Å². The number of sulfone groups is 1. The normalized spacial score (nSPS) is 17.6. The SMILES string of the molecule is COc1cccc2c1C=CC1=C(S(=O)(=O)c3ccc(C)cc3)C(=O)C(C)(C)N12. The van der Waals surface area contributed by atoms with Crippen molar-refractivity contribution < 1.29 is 17.9 Å². The molecule has 0 amide bonds. The van der Waals surface area contributed by atoms with E-state index in [4.69, 9.17) is 4.74 Å². The van der Waals surface area contributed by atoms with Gasteiger partial charge in [-0.15, -0.1) is 0 Å². The van der Waals surface area contributed by atoms with Crippen LogP contribution in [-0.2, 0) is 14.6 Å². The summed E-state index contributed by atoms with van der Waals surface area (Å²) in [5.74, 6) is 0.259. The number of fused-ring (bicyclic) bond motifs is 3. The fourth-order valence-electron chi connectivity index (χ4n) is 3.81. The monoisotopic (exact) mass is 395 g/mol. The van der Waals surface area contributed by atoms with E-state index in [0.29, 0.717) is 11.4 Å². The van der Waals surface area contributed by atoms with E-state index in [1.807, 2.05) is 25.1 Å². The lowest BCUT2D eigenvalue weighted by atomic mass is 9.97.